The molecule has 2 unspecified atom stereocenters. The van der Waals surface area contributed by atoms with E-state index in [-0.39, 0.29) is 11.3 Å². The maximum Gasteiger partial charge on any atom is 0.407 e. The Labute approximate surface area is 185 Å². The third-order valence-corrected chi connectivity index (χ3v) is 5.14. The summed E-state index contributed by atoms with van der Waals surface area (Å²) in [6, 6.07) is 4.10. The number of hydrogen-bond acceptors (Lipinski definition) is 6. The van der Waals surface area contributed by atoms with Crippen LogP contribution in [0.15, 0.2) is 35.9 Å². The minimum atomic E-state index is -0.715. The van der Waals surface area contributed by atoms with Crippen molar-refractivity contribution in [1.29, 1.82) is 0 Å². The molecule has 0 spiro atoms. The molecule has 0 radical (unpaired) electrons. The van der Waals surface area contributed by atoms with Crippen molar-refractivity contribution >= 4 is 17.6 Å². The Kier molecular flexibility index (Phi) is 6.37. The van der Waals surface area contributed by atoms with Gasteiger partial charge < -0.3 is 25.0 Å². The van der Waals surface area contributed by atoms with E-state index < -0.39 is 18.0 Å². The summed E-state index contributed by atoms with van der Waals surface area (Å²) < 4.78 is 5.31. The lowest BCUT2D eigenvalue weighted by molar-refractivity contribution is 0.0533. The monoisotopic (exact) mass is 428 g/mol. The number of ether oxygens (including phenoxy) is 1. The zero-order chi connectivity index (χ0) is 23.0. The van der Waals surface area contributed by atoms with Crippen molar-refractivity contribution < 1.29 is 14.6 Å². The van der Waals surface area contributed by atoms with Crippen LogP contribution in [-0.4, -0.2) is 48.3 Å². The molecule has 7 heteroatoms. The first-order chi connectivity index (χ1) is 14.3. The molecular weight excluding hydrogens is 392 g/mol. The Bertz CT molecular complexity index is 880. The number of amides is 1. The van der Waals surface area contributed by atoms with Crippen molar-refractivity contribution in [2.45, 2.75) is 65.8 Å². The van der Waals surface area contributed by atoms with Crippen molar-refractivity contribution in [3.05, 3.63) is 41.6 Å². The van der Waals surface area contributed by atoms with Crippen molar-refractivity contribution in [2.24, 2.45) is 5.41 Å². The molecule has 2 aliphatic rings. The molecule has 170 valence electrons. The number of pyridine rings is 1. The summed E-state index contributed by atoms with van der Waals surface area (Å²) in [6.45, 7) is 13.2. The van der Waals surface area contributed by atoms with E-state index in [0.717, 1.165) is 35.7 Å². The van der Waals surface area contributed by atoms with Crippen LogP contribution < -0.4 is 15.1 Å². The number of allylic oxidation sites excluding steroid dienone is 2. The van der Waals surface area contributed by atoms with E-state index in [1.807, 2.05) is 49.8 Å². The van der Waals surface area contributed by atoms with Gasteiger partial charge in [-0.25, -0.2) is 9.78 Å². The van der Waals surface area contributed by atoms with Gasteiger partial charge in [0, 0.05) is 26.1 Å². The number of fused-ring (bicyclic) bond motifs is 1. The first-order valence-corrected chi connectivity index (χ1v) is 10.9. The second kappa shape index (κ2) is 8.54. The Morgan fingerprint density at radius 1 is 1.26 bits per heavy atom. The SMILES string of the molecule is CN1c2nc(C3C=C(CNC(=O)OC(C)(C)C)C=CC3)ccc2N(CC(C)(C)C)C1O. The third-order valence-electron chi connectivity index (χ3n) is 5.14. The summed E-state index contributed by atoms with van der Waals surface area (Å²) in [6.07, 6.45) is 5.99. The number of nitrogens with one attached hydrogen (secondary N) is 1. The summed E-state index contributed by atoms with van der Waals surface area (Å²) in [4.78, 5) is 20.7. The van der Waals surface area contributed by atoms with E-state index >= 15 is 0 Å². The van der Waals surface area contributed by atoms with Gasteiger partial charge in [-0.3, -0.25) is 0 Å². The first-order valence-electron chi connectivity index (χ1n) is 10.9. The highest BCUT2D eigenvalue weighted by atomic mass is 16.6. The summed E-state index contributed by atoms with van der Waals surface area (Å²) in [5.41, 5.74) is 2.46. The number of carbonyl (C=O) groups excluding carboxylic acids is 1. The third kappa shape index (κ3) is 5.79. The molecule has 7 nitrogen and oxygen atoms in total. The minimum Gasteiger partial charge on any atom is -0.444 e. The smallest absolute Gasteiger partial charge is 0.407 e. The minimum absolute atomic E-state index is 0.0506. The average molecular weight is 429 g/mol. The van der Waals surface area contributed by atoms with Gasteiger partial charge in [-0.1, -0.05) is 39.0 Å². The number of rotatable bonds is 4. The quantitative estimate of drug-likeness (QED) is 0.750. The highest BCUT2D eigenvalue weighted by Crippen LogP contribution is 2.39. The Morgan fingerprint density at radius 3 is 2.61 bits per heavy atom. The maximum atomic E-state index is 11.9. The Hall–Kier alpha value is -2.54. The number of aliphatic hydroxyl groups is 1. The molecule has 31 heavy (non-hydrogen) atoms. The molecule has 1 aliphatic carbocycles. The predicted molar refractivity (Wildman–Crippen MR) is 124 cm³/mol. The topological polar surface area (TPSA) is 77.9 Å². The molecule has 0 saturated carbocycles. The van der Waals surface area contributed by atoms with Gasteiger partial charge in [-0.2, -0.15) is 0 Å². The van der Waals surface area contributed by atoms with Gasteiger partial charge in [0.25, 0.3) is 0 Å². The summed E-state index contributed by atoms with van der Waals surface area (Å²) in [5.74, 6) is 0.915. The predicted octanol–water partition coefficient (Wildman–Crippen LogP) is 4.15. The average Bonchev–Trinajstić information content (AvgIpc) is 2.88. The van der Waals surface area contributed by atoms with Crippen LogP contribution in [0.4, 0.5) is 16.3 Å². The standard InChI is InChI=1S/C24H36N4O3/c1-23(2,3)15-28-19-12-11-18(26-20(19)27(7)22(28)30)17-10-8-9-16(13-17)14-25-21(29)31-24(4,5)6/h8-9,11-13,17,22,30H,10,14-15H2,1-7H3,(H,25,29). The van der Waals surface area contributed by atoms with Gasteiger partial charge in [0.1, 0.15) is 5.60 Å². The van der Waals surface area contributed by atoms with E-state index in [9.17, 15) is 9.90 Å². The summed E-state index contributed by atoms with van der Waals surface area (Å²) >= 11 is 0. The molecule has 2 N–H and O–H groups in total. The molecule has 1 amide bonds. The highest BCUT2D eigenvalue weighted by molar-refractivity contribution is 5.73. The van der Waals surface area contributed by atoms with Crippen molar-refractivity contribution in [2.75, 3.05) is 29.9 Å². The number of hydrogen-bond donors (Lipinski definition) is 2. The van der Waals surface area contributed by atoms with Crippen LogP contribution in [0.3, 0.4) is 0 Å². The van der Waals surface area contributed by atoms with Gasteiger partial charge in [0.15, 0.2) is 5.82 Å². The van der Waals surface area contributed by atoms with E-state index in [0.29, 0.717) is 6.54 Å². The largest absolute Gasteiger partial charge is 0.444 e. The van der Waals surface area contributed by atoms with E-state index in [4.69, 9.17) is 9.72 Å². The van der Waals surface area contributed by atoms with Crippen LogP contribution in [0.1, 0.15) is 59.6 Å². The molecular formula is C24H36N4O3. The maximum absolute atomic E-state index is 11.9. The fraction of sp³-hybridized carbons (Fsp3) is 0.583. The van der Waals surface area contributed by atoms with E-state index in [1.165, 1.54) is 0 Å². The number of aromatic nitrogens is 1. The number of aliphatic hydroxyl groups excluding tert-OH is 1. The van der Waals surface area contributed by atoms with Crippen molar-refractivity contribution in [3.8, 4) is 0 Å². The molecule has 3 rings (SSSR count). The zero-order valence-electron chi connectivity index (χ0n) is 19.8. The molecule has 0 bridgehead atoms. The molecule has 0 saturated heterocycles. The molecule has 1 aromatic heterocycles. The zero-order valence-corrected chi connectivity index (χ0v) is 19.8. The lowest BCUT2D eigenvalue weighted by Crippen LogP contribution is -2.44. The molecule has 0 aromatic carbocycles. The van der Waals surface area contributed by atoms with Crippen molar-refractivity contribution in [1.82, 2.24) is 10.3 Å². The fourth-order valence-electron chi connectivity index (χ4n) is 3.83. The molecule has 1 aromatic rings. The lowest BCUT2D eigenvalue weighted by Gasteiger charge is -2.31. The van der Waals surface area contributed by atoms with Crippen LogP contribution in [0.2, 0.25) is 0 Å². The second-order valence-corrected chi connectivity index (χ2v) is 10.6. The number of nitrogens with zero attached hydrogens (tertiary/aromatic N) is 3. The summed E-state index contributed by atoms with van der Waals surface area (Å²) in [5, 5.41) is 13.5. The molecule has 1 aliphatic heterocycles. The van der Waals surface area contributed by atoms with Crippen LogP contribution >= 0.6 is 0 Å². The van der Waals surface area contributed by atoms with Gasteiger partial charge in [0.2, 0.25) is 6.35 Å². The van der Waals surface area contributed by atoms with Crippen LogP contribution in [0.25, 0.3) is 0 Å². The van der Waals surface area contributed by atoms with Gasteiger partial charge in [-0.05, 0) is 50.3 Å². The number of alkyl carbamates (subject to hydrolysis) is 1. The lowest BCUT2D eigenvalue weighted by atomic mass is 9.92. The first kappa shape index (κ1) is 23.1. The molecule has 2 atom stereocenters. The van der Waals surface area contributed by atoms with Gasteiger partial charge >= 0.3 is 6.09 Å². The van der Waals surface area contributed by atoms with Crippen molar-refractivity contribution in [3.63, 3.8) is 0 Å². The number of anilines is 2. The molecule has 0 fully saturated rings. The van der Waals surface area contributed by atoms with Crippen LogP contribution in [0, 0.1) is 5.41 Å². The van der Waals surface area contributed by atoms with Gasteiger partial charge in [-0.15, -0.1) is 0 Å². The highest BCUT2D eigenvalue weighted by Gasteiger charge is 2.36. The second-order valence-electron chi connectivity index (χ2n) is 10.6. The van der Waals surface area contributed by atoms with Gasteiger partial charge in [0.05, 0.1) is 11.4 Å². The van der Waals surface area contributed by atoms with Crippen LogP contribution in [-0.2, 0) is 4.74 Å². The Balaban J connectivity index is 1.74. The van der Waals surface area contributed by atoms with E-state index in [2.05, 4.69) is 44.3 Å². The van der Waals surface area contributed by atoms with E-state index in [1.54, 1.807) is 0 Å². The summed E-state index contributed by atoms with van der Waals surface area (Å²) in [7, 11) is 1.87. The number of carbonyl (C=O) groups is 1. The Morgan fingerprint density at radius 2 is 1.97 bits per heavy atom. The normalized spacial score (nSPS) is 21.1. The molecule has 2 heterocycles. The fourth-order valence-corrected chi connectivity index (χ4v) is 3.83. The van der Waals surface area contributed by atoms with Crippen LogP contribution in [0.5, 0.6) is 0 Å².